The SMILES string of the molecule is COc1ccc(Br)c(CNC(C)c2ccccc2)c1OCc1ccc(F)cc1. The predicted molar refractivity (Wildman–Crippen MR) is 113 cm³/mol. The summed E-state index contributed by atoms with van der Waals surface area (Å²) < 4.78 is 25.7. The van der Waals surface area contributed by atoms with Gasteiger partial charge in [-0.2, -0.15) is 0 Å². The first-order valence-corrected chi connectivity index (χ1v) is 9.88. The van der Waals surface area contributed by atoms with Gasteiger partial charge in [-0.1, -0.05) is 58.4 Å². The summed E-state index contributed by atoms with van der Waals surface area (Å²) in [6.45, 7) is 3.06. The lowest BCUT2D eigenvalue weighted by Crippen LogP contribution is -2.19. The van der Waals surface area contributed by atoms with Crippen LogP contribution in [0.2, 0.25) is 0 Å². The zero-order valence-electron chi connectivity index (χ0n) is 15.9. The second-order valence-corrected chi connectivity index (χ2v) is 7.34. The lowest BCUT2D eigenvalue weighted by Gasteiger charge is -2.19. The van der Waals surface area contributed by atoms with Crippen molar-refractivity contribution < 1.29 is 13.9 Å². The summed E-state index contributed by atoms with van der Waals surface area (Å²) in [6, 6.07) is 20.6. The molecule has 3 aromatic rings. The number of rotatable bonds is 8. The summed E-state index contributed by atoms with van der Waals surface area (Å²) in [5, 5.41) is 3.54. The van der Waals surface area contributed by atoms with E-state index in [4.69, 9.17) is 9.47 Å². The standard InChI is InChI=1S/C23H23BrFNO2/c1-16(18-6-4-3-5-7-18)26-14-20-21(24)12-13-22(27-2)23(20)28-15-17-8-10-19(25)11-9-17/h3-13,16,26H,14-15H2,1-2H3. The fourth-order valence-corrected chi connectivity index (χ4v) is 3.37. The molecule has 0 heterocycles. The van der Waals surface area contributed by atoms with Gasteiger partial charge in [-0.25, -0.2) is 4.39 Å². The Balaban J connectivity index is 1.78. The first-order chi connectivity index (χ1) is 13.6. The average Bonchev–Trinajstić information content (AvgIpc) is 2.73. The molecule has 3 nitrogen and oxygen atoms in total. The Hall–Kier alpha value is -2.37. The van der Waals surface area contributed by atoms with E-state index in [-0.39, 0.29) is 11.9 Å². The van der Waals surface area contributed by atoms with Crippen molar-refractivity contribution in [2.75, 3.05) is 7.11 Å². The molecule has 0 amide bonds. The molecule has 0 bridgehead atoms. The van der Waals surface area contributed by atoms with E-state index in [0.717, 1.165) is 15.6 Å². The number of ether oxygens (including phenoxy) is 2. The van der Waals surface area contributed by atoms with E-state index in [1.165, 1.54) is 17.7 Å². The van der Waals surface area contributed by atoms with Crippen molar-refractivity contribution in [3.63, 3.8) is 0 Å². The first kappa shape index (κ1) is 20.4. The molecule has 28 heavy (non-hydrogen) atoms. The molecule has 146 valence electrons. The molecule has 0 aliphatic carbocycles. The molecule has 5 heteroatoms. The highest BCUT2D eigenvalue weighted by atomic mass is 79.9. The van der Waals surface area contributed by atoms with Crippen molar-refractivity contribution in [1.29, 1.82) is 0 Å². The van der Waals surface area contributed by atoms with Crippen LogP contribution in [0.4, 0.5) is 4.39 Å². The number of halogens is 2. The molecular weight excluding hydrogens is 421 g/mol. The topological polar surface area (TPSA) is 30.5 Å². The molecule has 0 saturated carbocycles. The van der Waals surface area contributed by atoms with Gasteiger partial charge in [0, 0.05) is 22.6 Å². The molecule has 0 saturated heterocycles. The number of hydrogen-bond acceptors (Lipinski definition) is 3. The maximum Gasteiger partial charge on any atom is 0.167 e. The van der Waals surface area contributed by atoms with Crippen LogP contribution in [0, 0.1) is 5.82 Å². The molecule has 0 spiro atoms. The van der Waals surface area contributed by atoms with Gasteiger partial charge in [0.1, 0.15) is 12.4 Å². The van der Waals surface area contributed by atoms with Gasteiger partial charge >= 0.3 is 0 Å². The molecule has 1 unspecified atom stereocenters. The molecule has 0 aliphatic rings. The first-order valence-electron chi connectivity index (χ1n) is 9.09. The summed E-state index contributed by atoms with van der Waals surface area (Å²) >= 11 is 3.63. The van der Waals surface area contributed by atoms with Gasteiger partial charge in [-0.3, -0.25) is 0 Å². The highest BCUT2D eigenvalue weighted by Crippen LogP contribution is 2.37. The summed E-state index contributed by atoms with van der Waals surface area (Å²) in [4.78, 5) is 0. The van der Waals surface area contributed by atoms with E-state index in [0.29, 0.717) is 24.7 Å². The van der Waals surface area contributed by atoms with Crippen LogP contribution >= 0.6 is 15.9 Å². The molecule has 3 aromatic carbocycles. The van der Waals surface area contributed by atoms with Crippen molar-refractivity contribution in [1.82, 2.24) is 5.32 Å². The summed E-state index contributed by atoms with van der Waals surface area (Å²) in [5.74, 6) is 1.08. The van der Waals surface area contributed by atoms with Crippen molar-refractivity contribution in [2.24, 2.45) is 0 Å². The molecule has 1 N–H and O–H groups in total. The lowest BCUT2D eigenvalue weighted by molar-refractivity contribution is 0.280. The molecule has 0 aliphatic heterocycles. The van der Waals surface area contributed by atoms with Gasteiger partial charge < -0.3 is 14.8 Å². The van der Waals surface area contributed by atoms with Gasteiger partial charge in [0.15, 0.2) is 11.5 Å². The minimum absolute atomic E-state index is 0.184. The quantitative estimate of drug-likeness (QED) is 0.461. The molecular formula is C23H23BrFNO2. The van der Waals surface area contributed by atoms with Crippen LogP contribution in [0.5, 0.6) is 11.5 Å². The van der Waals surface area contributed by atoms with E-state index in [2.05, 4.69) is 40.3 Å². The Bertz CT molecular complexity index is 900. The highest BCUT2D eigenvalue weighted by Gasteiger charge is 2.16. The van der Waals surface area contributed by atoms with Crippen molar-refractivity contribution in [2.45, 2.75) is 26.1 Å². The summed E-state index contributed by atoms with van der Waals surface area (Å²) in [7, 11) is 1.62. The normalized spacial score (nSPS) is 11.9. The average molecular weight is 444 g/mol. The number of hydrogen-bond donors (Lipinski definition) is 1. The number of methoxy groups -OCH3 is 1. The van der Waals surface area contributed by atoms with Crippen LogP contribution in [0.25, 0.3) is 0 Å². The summed E-state index contributed by atoms with van der Waals surface area (Å²) in [5.41, 5.74) is 3.08. The second-order valence-electron chi connectivity index (χ2n) is 6.49. The molecule has 0 aromatic heterocycles. The molecule has 0 fully saturated rings. The molecule has 1 atom stereocenters. The van der Waals surface area contributed by atoms with Gasteiger partial charge in [-0.05, 0) is 42.3 Å². The van der Waals surface area contributed by atoms with Crippen LogP contribution in [-0.4, -0.2) is 7.11 Å². The Morgan fingerprint density at radius 1 is 1.00 bits per heavy atom. The fraction of sp³-hybridized carbons (Fsp3) is 0.217. The zero-order valence-corrected chi connectivity index (χ0v) is 17.5. The third-order valence-corrected chi connectivity index (χ3v) is 5.31. The van der Waals surface area contributed by atoms with Crippen molar-refractivity contribution >= 4 is 15.9 Å². The third kappa shape index (κ3) is 5.12. The minimum Gasteiger partial charge on any atom is -0.493 e. The van der Waals surface area contributed by atoms with Crippen LogP contribution in [0.3, 0.4) is 0 Å². The third-order valence-electron chi connectivity index (χ3n) is 4.57. The van der Waals surface area contributed by atoms with Crippen LogP contribution < -0.4 is 14.8 Å². The Labute approximate surface area is 173 Å². The van der Waals surface area contributed by atoms with E-state index in [9.17, 15) is 4.39 Å². The van der Waals surface area contributed by atoms with Gasteiger partial charge in [0.25, 0.3) is 0 Å². The van der Waals surface area contributed by atoms with E-state index in [1.54, 1.807) is 19.2 Å². The number of nitrogens with one attached hydrogen (secondary N) is 1. The Morgan fingerprint density at radius 3 is 2.39 bits per heavy atom. The van der Waals surface area contributed by atoms with Gasteiger partial charge in [0.2, 0.25) is 0 Å². The Kier molecular flexibility index (Phi) is 7.06. The van der Waals surface area contributed by atoms with Crippen LogP contribution in [-0.2, 0) is 13.2 Å². The van der Waals surface area contributed by atoms with Crippen LogP contribution in [0.1, 0.15) is 29.7 Å². The largest absolute Gasteiger partial charge is 0.493 e. The maximum atomic E-state index is 13.1. The summed E-state index contributed by atoms with van der Waals surface area (Å²) in [6.07, 6.45) is 0. The fourth-order valence-electron chi connectivity index (χ4n) is 2.92. The van der Waals surface area contributed by atoms with Gasteiger partial charge in [-0.15, -0.1) is 0 Å². The number of benzene rings is 3. The van der Waals surface area contributed by atoms with Crippen molar-refractivity contribution in [3.8, 4) is 11.5 Å². The molecule has 0 radical (unpaired) electrons. The smallest absolute Gasteiger partial charge is 0.167 e. The zero-order chi connectivity index (χ0) is 19.9. The van der Waals surface area contributed by atoms with E-state index in [1.807, 2.05) is 30.3 Å². The van der Waals surface area contributed by atoms with E-state index < -0.39 is 0 Å². The predicted octanol–water partition coefficient (Wildman–Crippen LogP) is 6.03. The second kappa shape index (κ2) is 9.71. The van der Waals surface area contributed by atoms with E-state index >= 15 is 0 Å². The maximum absolute atomic E-state index is 13.1. The van der Waals surface area contributed by atoms with Crippen LogP contribution in [0.15, 0.2) is 71.2 Å². The monoisotopic (exact) mass is 443 g/mol. The Morgan fingerprint density at radius 2 is 1.71 bits per heavy atom. The highest BCUT2D eigenvalue weighted by molar-refractivity contribution is 9.10. The minimum atomic E-state index is -0.261. The molecule has 3 rings (SSSR count). The van der Waals surface area contributed by atoms with Gasteiger partial charge in [0.05, 0.1) is 7.11 Å². The van der Waals surface area contributed by atoms with Crippen molar-refractivity contribution in [3.05, 3.63) is 93.7 Å². The lowest BCUT2D eigenvalue weighted by atomic mass is 10.1.